The predicted octanol–water partition coefficient (Wildman–Crippen LogP) is 0.988. The lowest BCUT2D eigenvalue weighted by Crippen LogP contribution is -2.29. The molecule has 2 N–H and O–H groups in total. The van der Waals surface area contributed by atoms with E-state index < -0.39 is 12.0 Å². The zero-order valence-corrected chi connectivity index (χ0v) is 10.6. The van der Waals surface area contributed by atoms with Crippen LogP contribution in [0.15, 0.2) is 36.7 Å². The minimum atomic E-state index is -0.821. The summed E-state index contributed by atoms with van der Waals surface area (Å²) in [6.07, 6.45) is 2.33. The van der Waals surface area contributed by atoms with Crippen molar-refractivity contribution in [3.8, 4) is 0 Å². The second-order valence-corrected chi connectivity index (χ2v) is 4.14. The third kappa shape index (κ3) is 3.70. The van der Waals surface area contributed by atoms with Crippen LogP contribution in [0.25, 0.3) is 0 Å². The van der Waals surface area contributed by atoms with Gasteiger partial charge in [-0.25, -0.2) is 0 Å². The van der Waals surface area contributed by atoms with Gasteiger partial charge in [0.25, 0.3) is 5.91 Å². The monoisotopic (exact) mass is 278 g/mol. The van der Waals surface area contributed by atoms with Crippen molar-refractivity contribution in [2.45, 2.75) is 6.10 Å². The first-order valence-electron chi connectivity index (χ1n) is 5.52. The van der Waals surface area contributed by atoms with Gasteiger partial charge in [0.15, 0.2) is 10.8 Å². The van der Waals surface area contributed by atoms with Gasteiger partial charge in [0.05, 0.1) is 6.10 Å². The number of aliphatic hydroxyl groups excluding tert-OH is 1. The van der Waals surface area contributed by atoms with E-state index in [0.717, 1.165) is 0 Å². The average molecular weight is 279 g/mol. The van der Waals surface area contributed by atoms with Crippen molar-refractivity contribution in [2.75, 3.05) is 6.54 Å². The molecule has 2 aromatic heterocycles. The van der Waals surface area contributed by atoms with Crippen LogP contribution < -0.4 is 5.32 Å². The SMILES string of the molecule is O=C(NC[C@H](O)c1cccnc1)c1ccc(Cl)nn1. The van der Waals surface area contributed by atoms with Gasteiger partial charge in [-0.3, -0.25) is 9.78 Å². The summed E-state index contributed by atoms with van der Waals surface area (Å²) in [7, 11) is 0. The lowest BCUT2D eigenvalue weighted by molar-refractivity contribution is 0.0910. The van der Waals surface area contributed by atoms with Crippen LogP contribution in [0.2, 0.25) is 5.15 Å². The van der Waals surface area contributed by atoms with Crippen LogP contribution in [0.3, 0.4) is 0 Å². The normalized spacial score (nSPS) is 11.9. The highest BCUT2D eigenvalue weighted by Gasteiger charge is 2.12. The molecule has 2 aromatic rings. The zero-order valence-electron chi connectivity index (χ0n) is 9.82. The minimum Gasteiger partial charge on any atom is -0.387 e. The number of halogens is 1. The van der Waals surface area contributed by atoms with E-state index in [0.29, 0.717) is 5.56 Å². The topological polar surface area (TPSA) is 88.0 Å². The highest BCUT2D eigenvalue weighted by atomic mass is 35.5. The largest absolute Gasteiger partial charge is 0.387 e. The number of rotatable bonds is 4. The van der Waals surface area contributed by atoms with Gasteiger partial charge in [0, 0.05) is 24.5 Å². The molecular weight excluding hydrogens is 268 g/mol. The molecule has 0 saturated carbocycles. The number of hydrogen-bond donors (Lipinski definition) is 2. The van der Waals surface area contributed by atoms with Gasteiger partial charge in [-0.15, -0.1) is 10.2 Å². The van der Waals surface area contributed by atoms with Crippen molar-refractivity contribution in [1.29, 1.82) is 0 Å². The fraction of sp³-hybridized carbons (Fsp3) is 0.167. The van der Waals surface area contributed by atoms with Gasteiger partial charge in [-0.1, -0.05) is 17.7 Å². The second kappa shape index (κ2) is 6.21. The highest BCUT2D eigenvalue weighted by Crippen LogP contribution is 2.09. The van der Waals surface area contributed by atoms with E-state index >= 15 is 0 Å². The van der Waals surface area contributed by atoms with Crippen molar-refractivity contribution in [3.63, 3.8) is 0 Å². The predicted molar refractivity (Wildman–Crippen MR) is 68.6 cm³/mol. The van der Waals surface area contributed by atoms with E-state index in [4.69, 9.17) is 11.6 Å². The van der Waals surface area contributed by atoms with E-state index in [2.05, 4.69) is 20.5 Å². The summed E-state index contributed by atoms with van der Waals surface area (Å²) in [5, 5.41) is 19.8. The minimum absolute atomic E-state index is 0.0643. The van der Waals surface area contributed by atoms with Crippen molar-refractivity contribution in [1.82, 2.24) is 20.5 Å². The van der Waals surface area contributed by atoms with Gasteiger partial charge in [0.2, 0.25) is 0 Å². The lowest BCUT2D eigenvalue weighted by atomic mass is 10.1. The molecule has 0 aliphatic carbocycles. The number of pyridine rings is 1. The summed E-state index contributed by atoms with van der Waals surface area (Å²) in [4.78, 5) is 15.6. The van der Waals surface area contributed by atoms with Gasteiger partial charge >= 0.3 is 0 Å². The van der Waals surface area contributed by atoms with Crippen molar-refractivity contribution >= 4 is 17.5 Å². The molecule has 7 heteroatoms. The Hall–Kier alpha value is -2.05. The zero-order chi connectivity index (χ0) is 13.7. The lowest BCUT2D eigenvalue weighted by Gasteiger charge is -2.11. The number of carbonyl (C=O) groups excluding carboxylic acids is 1. The van der Waals surface area contributed by atoms with Crippen LogP contribution in [0.4, 0.5) is 0 Å². The van der Waals surface area contributed by atoms with Crippen LogP contribution in [0.1, 0.15) is 22.2 Å². The summed E-state index contributed by atoms with van der Waals surface area (Å²) in [5.74, 6) is -0.424. The number of nitrogens with one attached hydrogen (secondary N) is 1. The molecule has 6 nitrogen and oxygen atoms in total. The van der Waals surface area contributed by atoms with Crippen molar-refractivity contribution < 1.29 is 9.90 Å². The van der Waals surface area contributed by atoms with E-state index in [1.54, 1.807) is 24.5 Å². The molecule has 0 aromatic carbocycles. The highest BCUT2D eigenvalue weighted by molar-refractivity contribution is 6.29. The molecule has 0 radical (unpaired) electrons. The fourth-order valence-electron chi connectivity index (χ4n) is 1.41. The maximum absolute atomic E-state index is 11.7. The van der Waals surface area contributed by atoms with E-state index in [1.165, 1.54) is 12.1 Å². The van der Waals surface area contributed by atoms with Gasteiger partial charge < -0.3 is 10.4 Å². The standard InChI is InChI=1S/C12H11ClN4O2/c13-11-4-3-9(16-17-11)12(19)15-7-10(18)8-2-1-5-14-6-8/h1-6,10,18H,7H2,(H,15,19)/t10-/m0/s1. The maximum Gasteiger partial charge on any atom is 0.271 e. The molecule has 0 aliphatic heterocycles. The maximum atomic E-state index is 11.7. The molecule has 0 spiro atoms. The second-order valence-electron chi connectivity index (χ2n) is 3.75. The Morgan fingerprint density at radius 3 is 2.84 bits per heavy atom. The molecule has 98 valence electrons. The number of carbonyl (C=O) groups is 1. The quantitative estimate of drug-likeness (QED) is 0.871. The molecule has 0 fully saturated rings. The molecule has 0 bridgehead atoms. The van der Waals surface area contributed by atoms with Crippen LogP contribution in [0, 0.1) is 0 Å². The Morgan fingerprint density at radius 1 is 1.37 bits per heavy atom. The fourth-order valence-corrected chi connectivity index (χ4v) is 1.51. The summed E-state index contributed by atoms with van der Waals surface area (Å²) >= 11 is 5.57. The molecule has 0 unspecified atom stereocenters. The Morgan fingerprint density at radius 2 is 2.21 bits per heavy atom. The van der Waals surface area contributed by atoms with Crippen molar-refractivity contribution in [2.24, 2.45) is 0 Å². The molecular formula is C12H11ClN4O2. The number of amides is 1. The summed E-state index contributed by atoms with van der Waals surface area (Å²) < 4.78 is 0. The number of hydrogen-bond acceptors (Lipinski definition) is 5. The van der Waals surface area contributed by atoms with Crippen LogP contribution in [0.5, 0.6) is 0 Å². The molecule has 0 aliphatic rings. The third-order valence-corrected chi connectivity index (χ3v) is 2.59. The third-order valence-electron chi connectivity index (χ3n) is 2.39. The Bertz CT molecular complexity index is 547. The first kappa shape index (κ1) is 13.4. The van der Waals surface area contributed by atoms with Gasteiger partial charge in [-0.2, -0.15) is 0 Å². The number of aromatic nitrogens is 3. The molecule has 19 heavy (non-hydrogen) atoms. The summed E-state index contributed by atoms with van der Waals surface area (Å²) in [5.41, 5.74) is 0.771. The molecule has 2 heterocycles. The van der Waals surface area contributed by atoms with Gasteiger partial charge in [-0.05, 0) is 18.2 Å². The Labute approximate surface area is 114 Å². The first-order chi connectivity index (χ1) is 9.16. The Kier molecular flexibility index (Phi) is 4.38. The van der Waals surface area contributed by atoms with E-state index in [-0.39, 0.29) is 17.4 Å². The van der Waals surface area contributed by atoms with E-state index in [9.17, 15) is 9.90 Å². The summed E-state index contributed by atoms with van der Waals surface area (Å²) in [6, 6.07) is 6.37. The molecule has 1 atom stereocenters. The molecule has 0 saturated heterocycles. The van der Waals surface area contributed by atoms with E-state index in [1.807, 2.05) is 0 Å². The number of nitrogens with zero attached hydrogens (tertiary/aromatic N) is 3. The smallest absolute Gasteiger partial charge is 0.271 e. The molecule has 1 amide bonds. The first-order valence-corrected chi connectivity index (χ1v) is 5.90. The van der Waals surface area contributed by atoms with Crippen molar-refractivity contribution in [3.05, 3.63) is 53.1 Å². The number of aliphatic hydroxyl groups is 1. The van der Waals surface area contributed by atoms with Crippen LogP contribution >= 0.6 is 11.6 Å². The summed E-state index contributed by atoms with van der Waals surface area (Å²) in [6.45, 7) is 0.0643. The van der Waals surface area contributed by atoms with Crippen LogP contribution in [-0.2, 0) is 0 Å². The average Bonchev–Trinajstić information content (AvgIpc) is 2.46. The van der Waals surface area contributed by atoms with Crippen LogP contribution in [-0.4, -0.2) is 32.7 Å². The Balaban J connectivity index is 1.92. The molecule has 2 rings (SSSR count). The van der Waals surface area contributed by atoms with Gasteiger partial charge in [0.1, 0.15) is 0 Å².